The zero-order valence-corrected chi connectivity index (χ0v) is 11.4. The Hall–Kier alpha value is -1.07. The summed E-state index contributed by atoms with van der Waals surface area (Å²) in [5.41, 5.74) is 1.32. The van der Waals surface area contributed by atoms with Crippen LogP contribution >= 0.6 is 23.1 Å². The van der Waals surface area contributed by atoms with Gasteiger partial charge in [-0.05, 0) is 12.0 Å². The number of hydrogen-bond donors (Lipinski definition) is 1. The van der Waals surface area contributed by atoms with E-state index in [1.807, 2.05) is 6.07 Å². The fraction of sp³-hybridized carbons (Fsp3) is 0.333. The third kappa shape index (κ3) is 4.02. The minimum Gasteiger partial charge on any atom is -0.360 e. The van der Waals surface area contributed by atoms with Crippen LogP contribution in [0.5, 0.6) is 0 Å². The molecule has 1 N–H and O–H groups in total. The van der Waals surface area contributed by atoms with E-state index in [-0.39, 0.29) is 0 Å². The van der Waals surface area contributed by atoms with Gasteiger partial charge < -0.3 is 5.32 Å². The van der Waals surface area contributed by atoms with E-state index in [9.17, 15) is 0 Å². The van der Waals surface area contributed by atoms with Crippen LogP contribution in [0.4, 0.5) is 5.13 Å². The van der Waals surface area contributed by atoms with E-state index in [2.05, 4.69) is 46.7 Å². The van der Waals surface area contributed by atoms with Gasteiger partial charge in [0.25, 0.3) is 0 Å². The normalized spacial score (nSPS) is 10.4. The molecule has 0 saturated carbocycles. The summed E-state index contributed by atoms with van der Waals surface area (Å²) < 4.78 is 1.02. The van der Waals surface area contributed by atoms with E-state index < -0.39 is 0 Å². The highest BCUT2D eigenvalue weighted by Gasteiger charge is 2.04. The Morgan fingerprint density at radius 1 is 1.24 bits per heavy atom. The third-order valence-electron chi connectivity index (χ3n) is 2.14. The second-order valence-corrected chi connectivity index (χ2v) is 5.77. The number of hydrogen-bond acceptors (Lipinski definition) is 5. The lowest BCUT2D eigenvalue weighted by molar-refractivity contribution is 0.951. The van der Waals surface area contributed by atoms with Crippen molar-refractivity contribution >= 4 is 28.2 Å². The van der Waals surface area contributed by atoms with Crippen LogP contribution in [0, 0.1) is 0 Å². The lowest BCUT2D eigenvalue weighted by Crippen LogP contribution is -1.98. The predicted octanol–water partition coefficient (Wildman–Crippen LogP) is 3.65. The molecular formula is C12H15N3S2. The minimum absolute atomic E-state index is 0.919. The van der Waals surface area contributed by atoms with Gasteiger partial charge in [0.15, 0.2) is 4.34 Å². The van der Waals surface area contributed by atoms with Gasteiger partial charge in [0.05, 0.1) is 0 Å². The first-order chi connectivity index (χ1) is 8.38. The van der Waals surface area contributed by atoms with Crippen LogP contribution in [0.25, 0.3) is 0 Å². The van der Waals surface area contributed by atoms with Gasteiger partial charge in [-0.25, -0.2) is 0 Å². The number of aromatic nitrogens is 2. The van der Waals surface area contributed by atoms with Crippen molar-refractivity contribution in [3.05, 3.63) is 35.9 Å². The lowest BCUT2D eigenvalue weighted by Gasteiger charge is -1.97. The van der Waals surface area contributed by atoms with Gasteiger partial charge in [0.2, 0.25) is 5.13 Å². The highest BCUT2D eigenvalue weighted by Crippen LogP contribution is 2.28. The van der Waals surface area contributed by atoms with E-state index in [4.69, 9.17) is 0 Å². The number of nitrogens with zero attached hydrogens (tertiary/aromatic N) is 2. The predicted molar refractivity (Wildman–Crippen MR) is 74.7 cm³/mol. The molecule has 0 aliphatic heterocycles. The van der Waals surface area contributed by atoms with Crippen LogP contribution in [0.2, 0.25) is 0 Å². The summed E-state index contributed by atoms with van der Waals surface area (Å²) in [6, 6.07) is 10.4. The van der Waals surface area contributed by atoms with Crippen molar-refractivity contribution in [3.8, 4) is 0 Å². The van der Waals surface area contributed by atoms with Crippen molar-refractivity contribution in [1.82, 2.24) is 10.2 Å². The maximum atomic E-state index is 4.15. The molecule has 0 aliphatic rings. The highest BCUT2D eigenvalue weighted by molar-refractivity contribution is 8.00. The Morgan fingerprint density at radius 2 is 2.06 bits per heavy atom. The second-order valence-electron chi connectivity index (χ2n) is 3.57. The molecule has 2 aromatic rings. The molecule has 0 saturated heterocycles. The van der Waals surface area contributed by atoms with Gasteiger partial charge >= 0.3 is 0 Å². The summed E-state index contributed by atoms with van der Waals surface area (Å²) in [7, 11) is 0. The molecule has 0 bridgehead atoms. The minimum atomic E-state index is 0.919. The lowest BCUT2D eigenvalue weighted by atomic mass is 10.2. The quantitative estimate of drug-likeness (QED) is 0.809. The van der Waals surface area contributed by atoms with Gasteiger partial charge in [0.1, 0.15) is 0 Å². The van der Waals surface area contributed by atoms with Crippen LogP contribution in [0.1, 0.15) is 18.9 Å². The van der Waals surface area contributed by atoms with Crippen molar-refractivity contribution in [3.63, 3.8) is 0 Å². The third-order valence-corrected chi connectivity index (χ3v) is 4.22. The maximum Gasteiger partial charge on any atom is 0.206 e. The Morgan fingerprint density at radius 3 is 2.82 bits per heavy atom. The molecule has 1 heterocycles. The van der Waals surface area contributed by atoms with Crippen molar-refractivity contribution < 1.29 is 0 Å². The van der Waals surface area contributed by atoms with Gasteiger partial charge in [0, 0.05) is 12.3 Å². The average Bonchev–Trinajstić information content (AvgIpc) is 2.83. The Balaban J connectivity index is 1.85. The SMILES string of the molecule is CCCNc1nnc(SCc2ccccc2)s1. The van der Waals surface area contributed by atoms with E-state index in [0.717, 1.165) is 28.2 Å². The topological polar surface area (TPSA) is 37.8 Å². The van der Waals surface area contributed by atoms with Crippen LogP contribution in [0.3, 0.4) is 0 Å². The molecular weight excluding hydrogens is 250 g/mol. The fourth-order valence-electron chi connectivity index (χ4n) is 1.29. The van der Waals surface area contributed by atoms with Crippen molar-refractivity contribution in [2.45, 2.75) is 23.4 Å². The summed E-state index contributed by atoms with van der Waals surface area (Å²) in [6.07, 6.45) is 1.10. The van der Waals surface area contributed by atoms with E-state index in [0.29, 0.717) is 0 Å². The molecule has 1 aromatic carbocycles. The standard InChI is InChI=1S/C12H15N3S2/c1-2-8-13-11-14-15-12(17-11)16-9-10-6-4-3-5-7-10/h3-7H,2,8-9H2,1H3,(H,13,14). The van der Waals surface area contributed by atoms with Gasteiger partial charge in [-0.2, -0.15) is 0 Å². The number of thioether (sulfide) groups is 1. The van der Waals surface area contributed by atoms with Crippen LogP contribution in [-0.2, 0) is 5.75 Å². The molecule has 0 unspecified atom stereocenters. The highest BCUT2D eigenvalue weighted by atomic mass is 32.2. The molecule has 17 heavy (non-hydrogen) atoms. The summed E-state index contributed by atoms with van der Waals surface area (Å²) in [5.74, 6) is 0.948. The van der Waals surface area contributed by atoms with E-state index >= 15 is 0 Å². The van der Waals surface area contributed by atoms with Gasteiger partial charge in [-0.1, -0.05) is 60.4 Å². The summed E-state index contributed by atoms with van der Waals surface area (Å²) in [5, 5.41) is 12.4. The summed E-state index contributed by atoms with van der Waals surface area (Å²) in [6.45, 7) is 3.09. The largest absolute Gasteiger partial charge is 0.360 e. The van der Waals surface area contributed by atoms with Crippen LogP contribution in [0.15, 0.2) is 34.7 Å². The van der Waals surface area contributed by atoms with Crippen molar-refractivity contribution in [1.29, 1.82) is 0 Å². The molecule has 0 fully saturated rings. The monoisotopic (exact) mass is 265 g/mol. The van der Waals surface area contributed by atoms with Crippen LogP contribution in [-0.4, -0.2) is 16.7 Å². The summed E-state index contributed by atoms with van der Waals surface area (Å²) in [4.78, 5) is 0. The number of benzene rings is 1. The summed E-state index contributed by atoms with van der Waals surface area (Å²) >= 11 is 3.35. The number of nitrogens with one attached hydrogen (secondary N) is 1. The Bertz CT molecular complexity index is 442. The van der Waals surface area contributed by atoms with Gasteiger partial charge in [-0.3, -0.25) is 0 Å². The first-order valence-electron chi connectivity index (χ1n) is 5.62. The van der Waals surface area contributed by atoms with E-state index in [1.165, 1.54) is 5.56 Å². The Kier molecular flexibility index (Phi) is 4.82. The average molecular weight is 265 g/mol. The van der Waals surface area contributed by atoms with E-state index in [1.54, 1.807) is 23.1 Å². The first kappa shape index (κ1) is 12.4. The molecule has 1 aromatic heterocycles. The molecule has 90 valence electrons. The molecule has 2 rings (SSSR count). The van der Waals surface area contributed by atoms with Crippen molar-refractivity contribution in [2.24, 2.45) is 0 Å². The molecule has 5 heteroatoms. The zero-order valence-electron chi connectivity index (χ0n) is 9.72. The number of rotatable bonds is 6. The van der Waals surface area contributed by atoms with Crippen LogP contribution < -0.4 is 5.32 Å². The fourth-order valence-corrected chi connectivity index (χ4v) is 3.02. The van der Waals surface area contributed by atoms with Crippen molar-refractivity contribution in [2.75, 3.05) is 11.9 Å². The molecule has 0 atom stereocenters. The second kappa shape index (κ2) is 6.61. The molecule has 3 nitrogen and oxygen atoms in total. The first-order valence-corrected chi connectivity index (χ1v) is 7.43. The molecule has 0 radical (unpaired) electrons. The molecule has 0 amide bonds. The smallest absolute Gasteiger partial charge is 0.206 e. The van der Waals surface area contributed by atoms with Gasteiger partial charge in [-0.15, -0.1) is 10.2 Å². The maximum absolute atomic E-state index is 4.15. The zero-order chi connectivity index (χ0) is 11.9. The Labute approximate surface area is 110 Å². The molecule has 0 spiro atoms. The number of anilines is 1. The molecule has 0 aliphatic carbocycles.